The van der Waals surface area contributed by atoms with Gasteiger partial charge in [-0.25, -0.2) is 13.9 Å². The Kier molecular flexibility index (Phi) is 5.76. The van der Waals surface area contributed by atoms with Gasteiger partial charge in [-0.2, -0.15) is 5.10 Å². The van der Waals surface area contributed by atoms with E-state index < -0.39 is 11.8 Å². The molecule has 0 spiro atoms. The minimum Gasteiger partial charge on any atom is -0.497 e. The zero-order valence-electron chi connectivity index (χ0n) is 14.9. The second-order valence-corrected chi connectivity index (χ2v) is 6.18. The molecule has 0 aliphatic carbocycles. The number of nitrogens with zero attached hydrogens (tertiary/aromatic N) is 2. The van der Waals surface area contributed by atoms with Crippen molar-refractivity contribution in [3.05, 3.63) is 76.3 Å². The van der Waals surface area contributed by atoms with Crippen LogP contribution in [0.5, 0.6) is 5.75 Å². The highest BCUT2D eigenvalue weighted by Crippen LogP contribution is 2.25. The Bertz CT molecular complexity index is 954. The van der Waals surface area contributed by atoms with Gasteiger partial charge >= 0.3 is 5.97 Å². The van der Waals surface area contributed by atoms with Crippen molar-refractivity contribution < 1.29 is 18.7 Å². The van der Waals surface area contributed by atoms with Gasteiger partial charge in [0.2, 0.25) is 0 Å². The van der Waals surface area contributed by atoms with Gasteiger partial charge in [-0.3, -0.25) is 0 Å². The van der Waals surface area contributed by atoms with E-state index in [4.69, 9.17) is 21.1 Å². The van der Waals surface area contributed by atoms with Crippen LogP contribution in [0, 0.1) is 5.82 Å². The molecule has 2 aromatic carbocycles. The van der Waals surface area contributed by atoms with Crippen LogP contribution in [-0.4, -0.2) is 29.5 Å². The maximum Gasteiger partial charge on any atom is 0.358 e. The highest BCUT2D eigenvalue weighted by atomic mass is 35.5. The van der Waals surface area contributed by atoms with Gasteiger partial charge in [0.25, 0.3) is 0 Å². The number of carbonyl (C=O) groups is 1. The molecule has 0 aliphatic rings. The average Bonchev–Trinajstić information content (AvgIpc) is 3.06. The van der Waals surface area contributed by atoms with Gasteiger partial charge < -0.3 is 9.47 Å². The zero-order valence-corrected chi connectivity index (χ0v) is 15.7. The summed E-state index contributed by atoms with van der Waals surface area (Å²) in [5, 5.41) is 4.53. The average molecular weight is 389 g/mol. The predicted octanol–water partition coefficient (Wildman–Crippen LogP) is 4.44. The number of halogens is 2. The highest BCUT2D eigenvalue weighted by Gasteiger charge is 2.18. The Labute approximate surface area is 161 Å². The lowest BCUT2D eigenvalue weighted by Gasteiger charge is -2.10. The molecule has 5 nitrogen and oxygen atoms in total. The van der Waals surface area contributed by atoms with E-state index in [9.17, 15) is 9.18 Å². The van der Waals surface area contributed by atoms with Crippen LogP contribution in [0.25, 0.3) is 5.69 Å². The van der Waals surface area contributed by atoms with Crippen molar-refractivity contribution >= 4 is 17.6 Å². The van der Waals surface area contributed by atoms with Gasteiger partial charge in [0.15, 0.2) is 5.69 Å². The zero-order chi connectivity index (χ0) is 19.4. The first-order valence-electron chi connectivity index (χ1n) is 8.36. The molecule has 0 atom stereocenters. The van der Waals surface area contributed by atoms with Crippen LogP contribution in [0.3, 0.4) is 0 Å². The summed E-state index contributed by atoms with van der Waals surface area (Å²) in [5.74, 6) is -0.218. The standard InChI is InChI=1S/C20H18ClFN2O3/c1-3-27-20(25)18-12-15(10-13-4-7-16(26-2)8-5-13)24(23-18)19-9-6-14(22)11-17(19)21/h4-9,11-12H,3,10H2,1-2H3. The molecule has 0 aliphatic heterocycles. The van der Waals surface area contributed by atoms with Crippen molar-refractivity contribution in [2.24, 2.45) is 0 Å². The summed E-state index contributed by atoms with van der Waals surface area (Å²) in [6.07, 6.45) is 0.490. The molecule has 1 aromatic heterocycles. The molecule has 0 bridgehead atoms. The SMILES string of the molecule is CCOC(=O)c1cc(Cc2ccc(OC)cc2)n(-c2ccc(F)cc2Cl)n1. The lowest BCUT2D eigenvalue weighted by atomic mass is 10.1. The summed E-state index contributed by atoms with van der Waals surface area (Å²) in [7, 11) is 1.60. The maximum absolute atomic E-state index is 13.4. The number of aromatic nitrogens is 2. The van der Waals surface area contributed by atoms with Gasteiger partial charge in [0.1, 0.15) is 11.6 Å². The second-order valence-electron chi connectivity index (χ2n) is 5.77. The Balaban J connectivity index is 2.02. The minimum absolute atomic E-state index is 0.167. The van der Waals surface area contributed by atoms with Crippen molar-refractivity contribution in [2.75, 3.05) is 13.7 Å². The molecule has 27 heavy (non-hydrogen) atoms. The second kappa shape index (κ2) is 8.22. The molecule has 0 fully saturated rings. The molecule has 140 valence electrons. The molecule has 3 rings (SSSR count). The molecule has 3 aromatic rings. The molecular formula is C20H18ClFN2O3. The fourth-order valence-corrected chi connectivity index (χ4v) is 2.91. The van der Waals surface area contributed by atoms with Gasteiger partial charge in [-0.15, -0.1) is 0 Å². The summed E-state index contributed by atoms with van der Waals surface area (Å²) in [6.45, 7) is 1.97. The van der Waals surface area contributed by atoms with Crippen LogP contribution in [0.15, 0.2) is 48.5 Å². The van der Waals surface area contributed by atoms with E-state index in [1.807, 2.05) is 24.3 Å². The van der Waals surface area contributed by atoms with Gasteiger partial charge in [0, 0.05) is 12.1 Å². The van der Waals surface area contributed by atoms with Crippen LogP contribution in [0.2, 0.25) is 5.02 Å². The van der Waals surface area contributed by atoms with E-state index in [2.05, 4.69) is 5.10 Å². The van der Waals surface area contributed by atoms with E-state index in [1.165, 1.54) is 22.9 Å². The number of hydrogen-bond donors (Lipinski definition) is 0. The molecular weight excluding hydrogens is 371 g/mol. The number of benzene rings is 2. The van der Waals surface area contributed by atoms with E-state index in [0.29, 0.717) is 12.1 Å². The van der Waals surface area contributed by atoms with Crippen molar-refractivity contribution in [1.29, 1.82) is 0 Å². The van der Waals surface area contributed by atoms with Crippen molar-refractivity contribution in [3.63, 3.8) is 0 Å². The van der Waals surface area contributed by atoms with E-state index >= 15 is 0 Å². The van der Waals surface area contributed by atoms with Crippen LogP contribution < -0.4 is 4.74 Å². The quantitative estimate of drug-likeness (QED) is 0.586. The van der Waals surface area contributed by atoms with Crippen LogP contribution in [-0.2, 0) is 11.2 Å². The predicted molar refractivity (Wildman–Crippen MR) is 100 cm³/mol. The normalized spacial score (nSPS) is 10.7. The third-order valence-electron chi connectivity index (χ3n) is 3.95. The van der Waals surface area contributed by atoms with Gasteiger partial charge in [0.05, 0.1) is 24.4 Å². The number of carbonyl (C=O) groups excluding carboxylic acids is 1. The summed E-state index contributed by atoms with van der Waals surface area (Å²) in [6, 6.07) is 13.2. The molecule has 0 radical (unpaired) electrons. The third kappa shape index (κ3) is 4.28. The fraction of sp³-hybridized carbons (Fsp3) is 0.200. The number of esters is 1. The first-order chi connectivity index (χ1) is 13.0. The molecule has 7 heteroatoms. The molecule has 0 unspecified atom stereocenters. The van der Waals surface area contributed by atoms with E-state index in [1.54, 1.807) is 20.1 Å². The minimum atomic E-state index is -0.523. The van der Waals surface area contributed by atoms with E-state index in [-0.39, 0.29) is 17.3 Å². The largest absolute Gasteiger partial charge is 0.497 e. The molecule has 0 saturated carbocycles. The van der Waals surface area contributed by atoms with Crippen LogP contribution in [0.4, 0.5) is 4.39 Å². The lowest BCUT2D eigenvalue weighted by Crippen LogP contribution is -2.07. The third-order valence-corrected chi connectivity index (χ3v) is 4.25. The Morgan fingerprint density at radius 2 is 1.93 bits per heavy atom. The number of rotatable bonds is 6. The topological polar surface area (TPSA) is 53.4 Å². The Hall–Kier alpha value is -2.86. The summed E-state index contributed by atoms with van der Waals surface area (Å²) in [4.78, 5) is 12.1. The smallest absolute Gasteiger partial charge is 0.358 e. The fourth-order valence-electron chi connectivity index (χ4n) is 2.66. The number of hydrogen-bond acceptors (Lipinski definition) is 4. The highest BCUT2D eigenvalue weighted by molar-refractivity contribution is 6.32. The van der Waals surface area contributed by atoms with Crippen molar-refractivity contribution in [1.82, 2.24) is 9.78 Å². The van der Waals surface area contributed by atoms with E-state index in [0.717, 1.165) is 17.0 Å². The monoisotopic (exact) mass is 388 g/mol. The van der Waals surface area contributed by atoms with Crippen molar-refractivity contribution in [2.45, 2.75) is 13.3 Å². The maximum atomic E-state index is 13.4. The number of ether oxygens (including phenoxy) is 2. The van der Waals surface area contributed by atoms with Crippen molar-refractivity contribution in [3.8, 4) is 11.4 Å². The summed E-state index contributed by atoms with van der Waals surface area (Å²) >= 11 is 6.20. The molecule has 0 saturated heterocycles. The molecule has 1 heterocycles. The molecule has 0 amide bonds. The first-order valence-corrected chi connectivity index (χ1v) is 8.74. The van der Waals surface area contributed by atoms with Crippen LogP contribution in [0.1, 0.15) is 28.7 Å². The Morgan fingerprint density at radius 1 is 1.19 bits per heavy atom. The lowest BCUT2D eigenvalue weighted by molar-refractivity contribution is 0.0519. The van der Waals surface area contributed by atoms with Gasteiger partial charge in [-0.05, 0) is 48.9 Å². The number of methoxy groups -OCH3 is 1. The van der Waals surface area contributed by atoms with Gasteiger partial charge in [-0.1, -0.05) is 23.7 Å². The summed E-state index contributed by atoms with van der Waals surface area (Å²) < 4.78 is 25.2. The summed E-state index contributed by atoms with van der Waals surface area (Å²) in [5.41, 5.74) is 2.36. The first kappa shape index (κ1) is 18.9. The molecule has 0 N–H and O–H groups in total. The van der Waals surface area contributed by atoms with Crippen LogP contribution >= 0.6 is 11.6 Å². The Morgan fingerprint density at radius 3 is 2.56 bits per heavy atom.